The summed E-state index contributed by atoms with van der Waals surface area (Å²) in [4.78, 5) is 18.1. The molecule has 24 heavy (non-hydrogen) atoms. The number of nitrogens with one attached hydrogen (secondary N) is 1. The summed E-state index contributed by atoms with van der Waals surface area (Å²) in [5.41, 5.74) is 2.03. The topological polar surface area (TPSA) is 54.5 Å². The molecule has 1 saturated heterocycles. The fraction of sp³-hybridized carbons (Fsp3) is 0.368. The fourth-order valence-electron chi connectivity index (χ4n) is 3.04. The van der Waals surface area contributed by atoms with E-state index in [9.17, 15) is 4.79 Å². The third-order valence-electron chi connectivity index (χ3n) is 4.34. The number of hydrogen-bond acceptors (Lipinski definition) is 5. The molecule has 1 fully saturated rings. The Balaban J connectivity index is 1.54. The molecule has 0 saturated carbocycles. The van der Waals surface area contributed by atoms with Gasteiger partial charge in [-0.2, -0.15) is 0 Å². The lowest BCUT2D eigenvalue weighted by atomic mass is 10.0. The standard InChI is InChI=1S/C19H23N3O2/c1-24-19(23)14-15-5-4-6-17(13-15)21-16-8-11-22(12-9-16)18-7-2-3-10-20-18/h2-7,10,13,16,21H,8-9,11-12,14H2,1H3. The number of rotatable bonds is 5. The van der Waals surface area contributed by atoms with Crippen LogP contribution in [0.4, 0.5) is 11.5 Å². The van der Waals surface area contributed by atoms with E-state index in [4.69, 9.17) is 4.74 Å². The highest BCUT2D eigenvalue weighted by atomic mass is 16.5. The number of nitrogens with zero attached hydrogens (tertiary/aromatic N) is 2. The number of pyridine rings is 1. The Morgan fingerprint density at radius 1 is 1.25 bits per heavy atom. The van der Waals surface area contributed by atoms with Gasteiger partial charge in [0.2, 0.25) is 0 Å². The van der Waals surface area contributed by atoms with Gasteiger partial charge in [-0.15, -0.1) is 0 Å². The summed E-state index contributed by atoms with van der Waals surface area (Å²) in [5.74, 6) is 0.840. The number of carbonyl (C=O) groups is 1. The van der Waals surface area contributed by atoms with Crippen LogP contribution in [0.3, 0.4) is 0 Å². The molecule has 0 radical (unpaired) electrons. The number of methoxy groups -OCH3 is 1. The number of hydrogen-bond donors (Lipinski definition) is 1. The van der Waals surface area contributed by atoms with Crippen molar-refractivity contribution in [2.24, 2.45) is 0 Å². The molecule has 1 aromatic heterocycles. The summed E-state index contributed by atoms with van der Waals surface area (Å²) in [7, 11) is 1.42. The van der Waals surface area contributed by atoms with Crippen molar-refractivity contribution in [1.29, 1.82) is 0 Å². The van der Waals surface area contributed by atoms with E-state index in [-0.39, 0.29) is 5.97 Å². The molecular formula is C19H23N3O2. The highest BCUT2D eigenvalue weighted by molar-refractivity contribution is 5.72. The Morgan fingerprint density at radius 3 is 2.79 bits per heavy atom. The summed E-state index contributed by atoms with van der Waals surface area (Å²) in [5, 5.41) is 3.59. The zero-order chi connectivity index (χ0) is 16.8. The average Bonchev–Trinajstić information content (AvgIpc) is 2.63. The van der Waals surface area contributed by atoms with Gasteiger partial charge in [0.05, 0.1) is 13.5 Å². The zero-order valence-electron chi connectivity index (χ0n) is 13.9. The molecule has 2 heterocycles. The fourth-order valence-corrected chi connectivity index (χ4v) is 3.04. The van der Waals surface area contributed by atoms with Crippen LogP contribution in [0.1, 0.15) is 18.4 Å². The maximum Gasteiger partial charge on any atom is 0.309 e. The van der Waals surface area contributed by atoms with Crippen LogP contribution in [0, 0.1) is 0 Å². The second kappa shape index (κ2) is 7.81. The van der Waals surface area contributed by atoms with Crippen molar-refractivity contribution < 1.29 is 9.53 Å². The molecule has 1 N–H and O–H groups in total. The van der Waals surface area contributed by atoms with Crippen molar-refractivity contribution in [3.05, 3.63) is 54.2 Å². The molecule has 1 aliphatic rings. The number of aromatic nitrogens is 1. The number of benzene rings is 1. The largest absolute Gasteiger partial charge is 0.469 e. The molecule has 0 bridgehead atoms. The second-order valence-corrected chi connectivity index (χ2v) is 6.05. The summed E-state index contributed by atoms with van der Waals surface area (Å²) in [6.45, 7) is 1.99. The lowest BCUT2D eigenvalue weighted by Gasteiger charge is -2.33. The van der Waals surface area contributed by atoms with Crippen molar-refractivity contribution in [3.63, 3.8) is 0 Å². The van der Waals surface area contributed by atoms with Crippen molar-refractivity contribution in [1.82, 2.24) is 4.98 Å². The first-order valence-corrected chi connectivity index (χ1v) is 8.33. The highest BCUT2D eigenvalue weighted by Crippen LogP contribution is 2.21. The van der Waals surface area contributed by atoms with E-state index in [1.54, 1.807) is 0 Å². The Morgan fingerprint density at radius 2 is 2.08 bits per heavy atom. The minimum atomic E-state index is -0.212. The third-order valence-corrected chi connectivity index (χ3v) is 4.34. The molecule has 0 aliphatic carbocycles. The van der Waals surface area contributed by atoms with E-state index in [2.05, 4.69) is 21.3 Å². The van der Waals surface area contributed by atoms with Crippen molar-refractivity contribution in [2.75, 3.05) is 30.4 Å². The van der Waals surface area contributed by atoms with Gasteiger partial charge < -0.3 is 15.0 Å². The molecule has 5 heteroatoms. The number of ether oxygens (including phenoxy) is 1. The van der Waals surface area contributed by atoms with Crippen LogP contribution in [0.2, 0.25) is 0 Å². The molecule has 2 aromatic rings. The van der Waals surface area contributed by atoms with Gasteiger partial charge in [-0.1, -0.05) is 18.2 Å². The van der Waals surface area contributed by atoms with Crippen molar-refractivity contribution >= 4 is 17.5 Å². The lowest BCUT2D eigenvalue weighted by molar-refractivity contribution is -0.139. The van der Waals surface area contributed by atoms with Gasteiger partial charge >= 0.3 is 5.97 Å². The molecule has 1 aromatic carbocycles. The van der Waals surface area contributed by atoms with Crippen LogP contribution in [-0.4, -0.2) is 37.2 Å². The normalized spacial score (nSPS) is 15.1. The first kappa shape index (κ1) is 16.3. The minimum Gasteiger partial charge on any atom is -0.469 e. The summed E-state index contributed by atoms with van der Waals surface area (Å²) in [6.07, 6.45) is 4.28. The molecule has 0 atom stereocenters. The maximum atomic E-state index is 11.4. The van der Waals surface area contributed by atoms with E-state index in [0.29, 0.717) is 12.5 Å². The van der Waals surface area contributed by atoms with Crippen LogP contribution in [0.5, 0.6) is 0 Å². The minimum absolute atomic E-state index is 0.212. The monoisotopic (exact) mass is 325 g/mol. The Hall–Kier alpha value is -2.56. The predicted molar refractivity (Wildman–Crippen MR) is 95.3 cm³/mol. The van der Waals surface area contributed by atoms with Gasteiger partial charge in [-0.05, 0) is 42.7 Å². The van der Waals surface area contributed by atoms with Crippen LogP contribution in [-0.2, 0) is 16.0 Å². The molecule has 126 valence electrons. The van der Waals surface area contributed by atoms with Crippen LogP contribution < -0.4 is 10.2 Å². The zero-order valence-corrected chi connectivity index (χ0v) is 13.9. The van der Waals surface area contributed by atoms with Crippen LogP contribution in [0.15, 0.2) is 48.7 Å². The van der Waals surface area contributed by atoms with Gasteiger partial charge in [0, 0.05) is 31.0 Å². The van der Waals surface area contributed by atoms with E-state index < -0.39 is 0 Å². The number of piperidine rings is 1. The lowest BCUT2D eigenvalue weighted by Crippen LogP contribution is -2.39. The first-order chi connectivity index (χ1) is 11.7. The number of esters is 1. The van der Waals surface area contributed by atoms with Crippen LogP contribution >= 0.6 is 0 Å². The molecule has 0 amide bonds. The summed E-state index contributed by atoms with van der Waals surface area (Å²) in [6, 6.07) is 14.5. The molecular weight excluding hydrogens is 302 g/mol. The summed E-state index contributed by atoms with van der Waals surface area (Å²) < 4.78 is 4.73. The van der Waals surface area contributed by atoms with Gasteiger partial charge in [0.1, 0.15) is 5.82 Å². The average molecular weight is 325 g/mol. The first-order valence-electron chi connectivity index (χ1n) is 8.33. The van der Waals surface area contributed by atoms with Crippen molar-refractivity contribution in [2.45, 2.75) is 25.3 Å². The predicted octanol–water partition coefficient (Wildman–Crippen LogP) is 2.88. The quantitative estimate of drug-likeness (QED) is 0.857. The number of anilines is 2. The molecule has 3 rings (SSSR count). The molecule has 5 nitrogen and oxygen atoms in total. The van der Waals surface area contributed by atoms with Crippen molar-refractivity contribution in [3.8, 4) is 0 Å². The van der Waals surface area contributed by atoms with Crippen LogP contribution in [0.25, 0.3) is 0 Å². The maximum absolute atomic E-state index is 11.4. The third kappa shape index (κ3) is 4.25. The van der Waals surface area contributed by atoms with Gasteiger partial charge in [-0.3, -0.25) is 4.79 Å². The van der Waals surface area contributed by atoms with Gasteiger partial charge in [0.25, 0.3) is 0 Å². The number of carbonyl (C=O) groups excluding carboxylic acids is 1. The molecule has 1 aliphatic heterocycles. The molecule has 0 spiro atoms. The smallest absolute Gasteiger partial charge is 0.309 e. The Bertz CT molecular complexity index is 667. The van der Waals surface area contributed by atoms with E-state index in [1.165, 1.54) is 7.11 Å². The van der Waals surface area contributed by atoms with E-state index in [1.807, 2.05) is 42.6 Å². The Kier molecular flexibility index (Phi) is 5.31. The SMILES string of the molecule is COC(=O)Cc1cccc(NC2CCN(c3ccccn3)CC2)c1. The second-order valence-electron chi connectivity index (χ2n) is 6.05. The molecule has 0 unspecified atom stereocenters. The summed E-state index contributed by atoms with van der Waals surface area (Å²) >= 11 is 0. The van der Waals surface area contributed by atoms with E-state index in [0.717, 1.165) is 43.0 Å². The Labute approximate surface area is 142 Å². The van der Waals surface area contributed by atoms with E-state index >= 15 is 0 Å². The van der Waals surface area contributed by atoms with Gasteiger partial charge in [-0.25, -0.2) is 4.98 Å². The highest BCUT2D eigenvalue weighted by Gasteiger charge is 2.19. The van der Waals surface area contributed by atoms with Gasteiger partial charge in [0.15, 0.2) is 0 Å².